The molecule has 1 amide bonds. The second-order valence-electron chi connectivity index (χ2n) is 6.32. The first-order valence-corrected chi connectivity index (χ1v) is 8.42. The summed E-state index contributed by atoms with van der Waals surface area (Å²) >= 11 is 0. The number of hydrogen-bond acceptors (Lipinski definition) is 4. The molecule has 128 valence electrons. The van der Waals surface area contributed by atoms with Gasteiger partial charge in [-0.2, -0.15) is 0 Å². The Morgan fingerprint density at radius 3 is 2.83 bits per heavy atom. The number of para-hydroxylation sites is 1. The van der Waals surface area contributed by atoms with Gasteiger partial charge < -0.3 is 14.4 Å². The zero-order valence-corrected chi connectivity index (χ0v) is 14.0. The van der Waals surface area contributed by atoms with E-state index in [1.807, 2.05) is 30.3 Å². The number of amides is 1. The van der Waals surface area contributed by atoms with Crippen LogP contribution in [0.15, 0.2) is 53.1 Å². The largest absolute Gasteiger partial charge is 0.467 e. The van der Waals surface area contributed by atoms with E-state index in [9.17, 15) is 9.90 Å². The minimum Gasteiger partial charge on any atom is -0.467 e. The molecule has 1 fully saturated rings. The summed E-state index contributed by atoms with van der Waals surface area (Å²) in [6, 6.07) is 13.4. The summed E-state index contributed by atoms with van der Waals surface area (Å²) in [6.45, 7) is 1.27. The lowest BCUT2D eigenvalue weighted by atomic mass is 10.1. The Balaban J connectivity index is 1.58. The molecule has 0 saturated carbocycles. The normalized spacial score (nSPS) is 19.3. The van der Waals surface area contributed by atoms with E-state index < -0.39 is 6.10 Å². The van der Waals surface area contributed by atoms with Crippen molar-refractivity contribution in [1.29, 1.82) is 0 Å². The first-order valence-electron chi connectivity index (χ1n) is 8.42. The second kappa shape index (κ2) is 7.64. The first kappa shape index (κ1) is 16.7. The highest BCUT2D eigenvalue weighted by molar-refractivity contribution is 5.94. The predicted octanol–water partition coefficient (Wildman–Crippen LogP) is 2.83. The average molecular weight is 328 g/mol. The van der Waals surface area contributed by atoms with Gasteiger partial charge >= 0.3 is 0 Å². The zero-order valence-electron chi connectivity index (χ0n) is 14.0. The predicted molar refractivity (Wildman–Crippen MR) is 92.7 cm³/mol. The number of hydrogen-bond donors (Lipinski definition) is 1. The Hall–Kier alpha value is -2.11. The molecule has 2 atom stereocenters. The molecule has 1 aromatic carbocycles. The van der Waals surface area contributed by atoms with E-state index >= 15 is 0 Å². The van der Waals surface area contributed by atoms with Crippen LogP contribution in [-0.4, -0.2) is 42.1 Å². The molecule has 0 spiro atoms. The molecule has 3 rings (SSSR count). The van der Waals surface area contributed by atoms with Crippen LogP contribution in [-0.2, 0) is 4.79 Å². The van der Waals surface area contributed by atoms with E-state index in [1.165, 1.54) is 0 Å². The van der Waals surface area contributed by atoms with Crippen LogP contribution in [0, 0.1) is 0 Å². The lowest BCUT2D eigenvalue weighted by Crippen LogP contribution is -2.41. The number of likely N-dealkylation sites (tertiary alicyclic amines) is 1. The molecule has 5 heteroatoms. The third-order valence-electron chi connectivity index (χ3n) is 4.72. The molecule has 1 aliphatic rings. The van der Waals surface area contributed by atoms with Crippen LogP contribution < -0.4 is 4.90 Å². The lowest BCUT2D eigenvalue weighted by molar-refractivity contribution is -0.119. The average Bonchev–Trinajstić information content (AvgIpc) is 3.27. The molecule has 2 aromatic rings. The topological polar surface area (TPSA) is 56.9 Å². The molecule has 24 heavy (non-hydrogen) atoms. The molecule has 1 N–H and O–H groups in total. The molecule has 1 aromatic heterocycles. The Morgan fingerprint density at radius 2 is 2.12 bits per heavy atom. The molecule has 0 aliphatic carbocycles. The molecule has 1 saturated heterocycles. The zero-order chi connectivity index (χ0) is 16.9. The number of likely N-dealkylation sites (N-methyl/N-ethyl adjacent to an activating group) is 1. The van der Waals surface area contributed by atoms with Crippen molar-refractivity contribution in [1.82, 2.24) is 4.90 Å². The van der Waals surface area contributed by atoms with Gasteiger partial charge in [-0.3, -0.25) is 9.69 Å². The number of anilines is 1. The van der Waals surface area contributed by atoms with Gasteiger partial charge in [-0.05, 0) is 50.1 Å². The summed E-state index contributed by atoms with van der Waals surface area (Å²) in [6.07, 6.45) is 3.60. The number of furan rings is 1. The Labute approximate surface area is 142 Å². The van der Waals surface area contributed by atoms with Gasteiger partial charge in [0.05, 0.1) is 12.8 Å². The van der Waals surface area contributed by atoms with Crippen LogP contribution in [0.3, 0.4) is 0 Å². The van der Waals surface area contributed by atoms with Gasteiger partial charge in [0.2, 0.25) is 5.91 Å². The Kier molecular flexibility index (Phi) is 5.33. The van der Waals surface area contributed by atoms with Crippen molar-refractivity contribution in [3.8, 4) is 0 Å². The summed E-state index contributed by atoms with van der Waals surface area (Å²) in [7, 11) is 1.81. The number of carbonyl (C=O) groups is 1. The number of aliphatic hydroxyl groups is 1. The van der Waals surface area contributed by atoms with Crippen molar-refractivity contribution in [2.45, 2.75) is 31.4 Å². The molecular formula is C19H24N2O3. The minimum atomic E-state index is -0.618. The van der Waals surface area contributed by atoms with Gasteiger partial charge in [-0.1, -0.05) is 18.2 Å². The van der Waals surface area contributed by atoms with Crippen LogP contribution in [0.1, 0.15) is 31.1 Å². The van der Waals surface area contributed by atoms with Crippen LogP contribution in [0.2, 0.25) is 0 Å². The summed E-state index contributed by atoms with van der Waals surface area (Å²) in [5.41, 5.74) is 0.897. The highest BCUT2D eigenvalue weighted by atomic mass is 16.4. The van der Waals surface area contributed by atoms with Crippen LogP contribution in [0.4, 0.5) is 5.69 Å². The fourth-order valence-electron chi connectivity index (χ4n) is 3.30. The molecule has 0 bridgehead atoms. The van der Waals surface area contributed by atoms with Crippen molar-refractivity contribution >= 4 is 11.6 Å². The summed E-state index contributed by atoms with van der Waals surface area (Å²) < 4.78 is 5.27. The number of benzene rings is 1. The van der Waals surface area contributed by atoms with Gasteiger partial charge in [-0.15, -0.1) is 0 Å². The monoisotopic (exact) mass is 328 g/mol. The van der Waals surface area contributed by atoms with E-state index in [2.05, 4.69) is 4.90 Å². The van der Waals surface area contributed by atoms with Gasteiger partial charge in [0.25, 0.3) is 0 Å². The molecule has 2 heterocycles. The summed E-state index contributed by atoms with van der Waals surface area (Å²) in [5.74, 6) is 0.662. The first-order chi connectivity index (χ1) is 11.6. The SMILES string of the molecule is CN(C(=O)CN1CCCC1CC(O)c1ccco1)c1ccccc1. The highest BCUT2D eigenvalue weighted by Crippen LogP contribution is 2.27. The Bertz CT molecular complexity index is 642. The fraction of sp³-hybridized carbons (Fsp3) is 0.421. The number of rotatable bonds is 6. The van der Waals surface area contributed by atoms with Gasteiger partial charge in [0.15, 0.2) is 0 Å². The van der Waals surface area contributed by atoms with Gasteiger partial charge in [0, 0.05) is 18.8 Å². The molecule has 2 unspecified atom stereocenters. The smallest absolute Gasteiger partial charge is 0.240 e. The second-order valence-corrected chi connectivity index (χ2v) is 6.32. The highest BCUT2D eigenvalue weighted by Gasteiger charge is 2.30. The van der Waals surface area contributed by atoms with Gasteiger partial charge in [-0.25, -0.2) is 0 Å². The summed E-state index contributed by atoms with van der Waals surface area (Å²) in [5, 5.41) is 10.3. The maximum absolute atomic E-state index is 12.6. The third kappa shape index (κ3) is 3.86. The van der Waals surface area contributed by atoms with Crippen molar-refractivity contribution in [2.75, 3.05) is 25.0 Å². The standard InChI is InChI=1S/C19H24N2O3/c1-20(15-7-3-2-4-8-15)19(23)14-21-11-5-9-16(21)13-17(22)18-10-6-12-24-18/h2-4,6-8,10,12,16-17,22H,5,9,11,13-14H2,1H3. The number of aliphatic hydroxyl groups excluding tert-OH is 1. The van der Waals surface area contributed by atoms with Crippen LogP contribution in [0.25, 0.3) is 0 Å². The quantitative estimate of drug-likeness (QED) is 0.886. The maximum atomic E-state index is 12.6. The number of carbonyl (C=O) groups excluding carboxylic acids is 1. The van der Waals surface area contributed by atoms with Crippen molar-refractivity contribution in [3.63, 3.8) is 0 Å². The summed E-state index contributed by atoms with van der Waals surface area (Å²) in [4.78, 5) is 16.4. The van der Waals surface area contributed by atoms with Crippen molar-refractivity contribution in [3.05, 3.63) is 54.5 Å². The fourth-order valence-corrected chi connectivity index (χ4v) is 3.30. The van der Waals surface area contributed by atoms with E-state index in [0.717, 1.165) is 25.1 Å². The minimum absolute atomic E-state index is 0.0700. The van der Waals surface area contributed by atoms with Crippen molar-refractivity contribution in [2.24, 2.45) is 0 Å². The van der Waals surface area contributed by atoms with Gasteiger partial charge in [0.1, 0.15) is 11.9 Å². The van der Waals surface area contributed by atoms with E-state index in [4.69, 9.17) is 4.42 Å². The third-order valence-corrected chi connectivity index (χ3v) is 4.72. The maximum Gasteiger partial charge on any atom is 0.240 e. The molecule has 0 radical (unpaired) electrons. The Morgan fingerprint density at radius 1 is 1.33 bits per heavy atom. The van der Waals surface area contributed by atoms with Crippen LogP contribution >= 0.6 is 0 Å². The van der Waals surface area contributed by atoms with Crippen molar-refractivity contribution < 1.29 is 14.3 Å². The molecule has 1 aliphatic heterocycles. The van der Waals surface area contributed by atoms with E-state index in [0.29, 0.717) is 18.7 Å². The molecule has 5 nitrogen and oxygen atoms in total. The molecular weight excluding hydrogens is 304 g/mol. The van der Waals surface area contributed by atoms with E-state index in [1.54, 1.807) is 30.3 Å². The number of nitrogens with zero attached hydrogens (tertiary/aromatic N) is 2. The van der Waals surface area contributed by atoms with E-state index in [-0.39, 0.29) is 11.9 Å². The lowest BCUT2D eigenvalue weighted by Gasteiger charge is -2.27. The van der Waals surface area contributed by atoms with Crippen LogP contribution in [0.5, 0.6) is 0 Å².